The topological polar surface area (TPSA) is 80.5 Å². The Hall–Kier alpha value is -3.07. The average Bonchev–Trinajstić information content (AvgIpc) is 3.13. The third-order valence-electron chi connectivity index (χ3n) is 4.68. The molecule has 0 aliphatic rings. The summed E-state index contributed by atoms with van der Waals surface area (Å²) >= 11 is 0. The third-order valence-corrected chi connectivity index (χ3v) is 6.56. The van der Waals surface area contributed by atoms with Gasteiger partial charge in [-0.1, -0.05) is 19.1 Å². The van der Waals surface area contributed by atoms with Gasteiger partial charge in [-0.25, -0.2) is 22.1 Å². The number of anilines is 1. The van der Waals surface area contributed by atoms with Crippen LogP contribution in [0.2, 0.25) is 0 Å². The van der Waals surface area contributed by atoms with E-state index < -0.39 is 15.8 Å². The van der Waals surface area contributed by atoms with Gasteiger partial charge in [-0.15, -0.1) is 10.2 Å². The van der Waals surface area contributed by atoms with Crippen molar-refractivity contribution < 1.29 is 12.8 Å². The van der Waals surface area contributed by atoms with Crippen LogP contribution in [0.1, 0.15) is 26.1 Å². The Kier molecular flexibility index (Phi) is 4.91. The fourth-order valence-electron chi connectivity index (χ4n) is 3.35. The van der Waals surface area contributed by atoms with Gasteiger partial charge in [0.05, 0.1) is 15.9 Å². The molecule has 0 unspecified atom stereocenters. The van der Waals surface area contributed by atoms with Gasteiger partial charge < -0.3 is 0 Å². The van der Waals surface area contributed by atoms with Crippen molar-refractivity contribution in [3.63, 3.8) is 0 Å². The van der Waals surface area contributed by atoms with Crippen LogP contribution in [0.5, 0.6) is 0 Å². The zero-order chi connectivity index (χ0) is 20.6. The maximum absolute atomic E-state index is 13.3. The molecule has 0 fully saturated rings. The monoisotopic (exact) mass is 413 g/mol. The Bertz CT molecular complexity index is 1290. The fraction of sp³-hybridized carbons (Fsp3) is 0.250. The number of hydrogen-bond donors (Lipinski definition) is 0. The zero-order valence-electron chi connectivity index (χ0n) is 16.1. The van der Waals surface area contributed by atoms with Crippen LogP contribution in [0.3, 0.4) is 0 Å². The molecule has 0 bridgehead atoms. The lowest BCUT2D eigenvalue weighted by molar-refractivity contribution is 0.590. The lowest BCUT2D eigenvalue weighted by Crippen LogP contribution is -2.32. The highest BCUT2D eigenvalue weighted by Gasteiger charge is 2.28. The normalized spacial score (nSPS) is 12.0. The van der Waals surface area contributed by atoms with Gasteiger partial charge in [0, 0.05) is 13.0 Å². The molecular weight excluding hydrogens is 393 g/mol. The molecule has 0 aliphatic heterocycles. The number of sulfonamides is 1. The number of halogens is 1. The van der Waals surface area contributed by atoms with E-state index in [0.717, 1.165) is 29.9 Å². The Morgan fingerprint density at radius 2 is 1.76 bits per heavy atom. The first-order valence-corrected chi connectivity index (χ1v) is 10.8. The van der Waals surface area contributed by atoms with Gasteiger partial charge in [-0.05, 0) is 49.7 Å². The van der Waals surface area contributed by atoms with E-state index in [0.29, 0.717) is 17.6 Å². The van der Waals surface area contributed by atoms with Crippen molar-refractivity contribution >= 4 is 32.5 Å². The molecule has 29 heavy (non-hydrogen) atoms. The van der Waals surface area contributed by atoms with E-state index in [-0.39, 0.29) is 17.3 Å². The molecule has 0 N–H and O–H groups in total. The number of fused-ring (bicyclic) bond motifs is 3. The summed E-state index contributed by atoms with van der Waals surface area (Å²) in [6, 6.07) is 12.2. The van der Waals surface area contributed by atoms with Crippen LogP contribution in [-0.4, -0.2) is 34.5 Å². The lowest BCUT2D eigenvalue weighted by Gasteiger charge is -2.22. The third kappa shape index (κ3) is 3.21. The first-order valence-electron chi connectivity index (χ1n) is 9.38. The molecule has 9 heteroatoms. The second-order valence-electron chi connectivity index (χ2n) is 6.57. The first kappa shape index (κ1) is 19.3. The van der Waals surface area contributed by atoms with Gasteiger partial charge in [0.2, 0.25) is 5.65 Å². The molecular formula is C20H20FN5O2S. The van der Waals surface area contributed by atoms with Crippen molar-refractivity contribution in [1.29, 1.82) is 0 Å². The molecule has 7 nitrogen and oxygen atoms in total. The summed E-state index contributed by atoms with van der Waals surface area (Å²) in [7, 11) is -3.96. The van der Waals surface area contributed by atoms with Crippen LogP contribution in [0.25, 0.3) is 16.7 Å². The molecule has 0 saturated heterocycles. The molecule has 0 saturated carbocycles. The largest absolute Gasteiger partial charge is 0.274 e. The molecule has 2 aromatic carbocycles. The second kappa shape index (κ2) is 7.40. The molecule has 4 aromatic rings. The minimum atomic E-state index is -3.96. The van der Waals surface area contributed by atoms with Crippen LogP contribution in [-0.2, 0) is 16.4 Å². The Morgan fingerprint density at radius 3 is 2.45 bits per heavy atom. The van der Waals surface area contributed by atoms with Crippen LogP contribution < -0.4 is 4.31 Å². The van der Waals surface area contributed by atoms with E-state index in [2.05, 4.69) is 15.2 Å². The standard InChI is InChI=1S/C20H20FN5O2S/c1-3-7-18-23-24-20-19(22-16-8-5-6-9-17(16)26(18)20)25(4-2)29(27,28)15-12-10-14(21)11-13-15/h5-6,8-13H,3-4,7H2,1-2H3. The Labute approximate surface area is 167 Å². The number of rotatable bonds is 6. The summed E-state index contributed by atoms with van der Waals surface area (Å²) in [5, 5.41) is 8.54. The molecule has 2 heterocycles. The molecule has 2 aromatic heterocycles. The molecule has 0 atom stereocenters. The Balaban J connectivity index is 1.99. The maximum atomic E-state index is 13.3. The molecule has 4 rings (SSSR count). The van der Waals surface area contributed by atoms with Crippen LogP contribution in [0, 0.1) is 5.82 Å². The summed E-state index contributed by atoms with van der Waals surface area (Å²) < 4.78 is 42.9. The van der Waals surface area contributed by atoms with E-state index in [1.54, 1.807) is 6.92 Å². The van der Waals surface area contributed by atoms with Gasteiger partial charge in [-0.2, -0.15) is 0 Å². The van der Waals surface area contributed by atoms with Crippen molar-refractivity contribution in [2.75, 3.05) is 10.8 Å². The van der Waals surface area contributed by atoms with Gasteiger partial charge in [0.25, 0.3) is 10.0 Å². The average molecular weight is 413 g/mol. The van der Waals surface area contributed by atoms with E-state index in [9.17, 15) is 12.8 Å². The van der Waals surface area contributed by atoms with E-state index in [1.165, 1.54) is 16.4 Å². The minimum Gasteiger partial charge on any atom is -0.274 e. The fourth-order valence-corrected chi connectivity index (χ4v) is 4.77. The van der Waals surface area contributed by atoms with E-state index in [1.807, 2.05) is 35.6 Å². The van der Waals surface area contributed by atoms with Crippen molar-refractivity contribution in [2.24, 2.45) is 0 Å². The number of benzene rings is 2. The Morgan fingerprint density at radius 1 is 1.03 bits per heavy atom. The summed E-state index contributed by atoms with van der Waals surface area (Å²) in [6.07, 6.45) is 1.57. The highest BCUT2D eigenvalue weighted by atomic mass is 32.2. The van der Waals surface area contributed by atoms with Gasteiger partial charge >= 0.3 is 0 Å². The molecule has 0 amide bonds. The summed E-state index contributed by atoms with van der Waals surface area (Å²) in [5.74, 6) is 0.447. The van der Waals surface area contributed by atoms with Crippen molar-refractivity contribution in [3.8, 4) is 0 Å². The molecule has 0 spiro atoms. The summed E-state index contributed by atoms with van der Waals surface area (Å²) in [4.78, 5) is 4.59. The van der Waals surface area contributed by atoms with E-state index in [4.69, 9.17) is 0 Å². The highest BCUT2D eigenvalue weighted by Crippen LogP contribution is 2.29. The SMILES string of the molecule is CCCc1nnc2c(N(CC)S(=O)(=O)c3ccc(F)cc3)nc3ccccc3n12. The van der Waals surface area contributed by atoms with Gasteiger partial charge in [0.15, 0.2) is 5.82 Å². The predicted octanol–water partition coefficient (Wildman–Crippen LogP) is 3.58. The number of aryl methyl sites for hydroxylation is 1. The van der Waals surface area contributed by atoms with Gasteiger partial charge in [0.1, 0.15) is 11.6 Å². The molecule has 0 aliphatic carbocycles. The van der Waals surface area contributed by atoms with Crippen LogP contribution in [0.15, 0.2) is 53.4 Å². The predicted molar refractivity (Wildman–Crippen MR) is 109 cm³/mol. The zero-order valence-corrected chi connectivity index (χ0v) is 16.9. The van der Waals surface area contributed by atoms with Crippen molar-refractivity contribution in [2.45, 2.75) is 31.6 Å². The number of para-hydroxylation sites is 2. The molecule has 0 radical (unpaired) electrons. The molecule has 150 valence electrons. The van der Waals surface area contributed by atoms with Gasteiger partial charge in [-0.3, -0.25) is 4.40 Å². The second-order valence-corrected chi connectivity index (χ2v) is 8.44. The number of aromatic nitrogens is 4. The van der Waals surface area contributed by atoms with Crippen LogP contribution >= 0.6 is 0 Å². The summed E-state index contributed by atoms with van der Waals surface area (Å²) in [6.45, 7) is 3.90. The highest BCUT2D eigenvalue weighted by molar-refractivity contribution is 7.92. The number of hydrogen-bond acceptors (Lipinski definition) is 5. The quantitative estimate of drug-likeness (QED) is 0.483. The lowest BCUT2D eigenvalue weighted by atomic mass is 10.2. The number of nitrogens with zero attached hydrogens (tertiary/aromatic N) is 5. The van der Waals surface area contributed by atoms with Crippen LogP contribution in [0.4, 0.5) is 10.2 Å². The van der Waals surface area contributed by atoms with Crippen molar-refractivity contribution in [3.05, 3.63) is 60.2 Å². The van der Waals surface area contributed by atoms with E-state index >= 15 is 0 Å². The smallest absolute Gasteiger partial charge is 0.265 e. The maximum Gasteiger partial charge on any atom is 0.265 e. The minimum absolute atomic E-state index is 0.0119. The first-order chi connectivity index (χ1) is 14.0. The van der Waals surface area contributed by atoms with Crippen molar-refractivity contribution in [1.82, 2.24) is 19.6 Å². The summed E-state index contributed by atoms with van der Waals surface area (Å²) in [5.41, 5.74) is 1.83.